The largest absolute Gasteiger partial charge is 0.497 e. The normalized spacial score (nSPS) is 11.9. The van der Waals surface area contributed by atoms with Gasteiger partial charge in [-0.1, -0.05) is 5.16 Å². The molecule has 0 spiro atoms. The first-order chi connectivity index (χ1) is 12.2. The van der Waals surface area contributed by atoms with Crippen molar-refractivity contribution < 1.29 is 14.1 Å². The molecule has 0 aliphatic heterocycles. The average molecular weight is 341 g/mol. The summed E-state index contributed by atoms with van der Waals surface area (Å²) in [6.45, 7) is 1.81. The summed E-state index contributed by atoms with van der Waals surface area (Å²) in [5.74, 6) is 1.50. The number of amides is 1. The molecule has 0 fully saturated rings. The van der Waals surface area contributed by atoms with Crippen molar-refractivity contribution in [1.29, 1.82) is 0 Å². The van der Waals surface area contributed by atoms with Crippen LogP contribution in [0.3, 0.4) is 0 Å². The number of carbonyl (C=O) groups excluding carboxylic acids is 1. The first-order valence-electron chi connectivity index (χ1n) is 7.91. The maximum absolute atomic E-state index is 12.0. The number of methoxy groups -OCH3 is 1. The van der Waals surface area contributed by atoms with Crippen LogP contribution in [0.5, 0.6) is 5.75 Å². The Morgan fingerprint density at radius 2 is 2.16 bits per heavy atom. The molecular formula is C17H19N5O3. The minimum atomic E-state index is -0.364. The van der Waals surface area contributed by atoms with Crippen molar-refractivity contribution in [2.45, 2.75) is 25.8 Å². The molecule has 2 aromatic heterocycles. The molecule has 130 valence electrons. The highest BCUT2D eigenvalue weighted by Gasteiger charge is 2.17. The molecule has 0 saturated carbocycles. The van der Waals surface area contributed by atoms with Crippen LogP contribution in [-0.2, 0) is 11.2 Å². The Morgan fingerprint density at radius 3 is 2.84 bits per heavy atom. The molecule has 25 heavy (non-hydrogen) atoms. The zero-order valence-electron chi connectivity index (χ0n) is 14.0. The van der Waals surface area contributed by atoms with E-state index >= 15 is 0 Å². The number of nitrogens with one attached hydrogen (secondary N) is 2. The van der Waals surface area contributed by atoms with E-state index in [4.69, 9.17) is 9.26 Å². The first kappa shape index (κ1) is 16.7. The molecule has 1 amide bonds. The molecule has 0 aliphatic rings. The van der Waals surface area contributed by atoms with Gasteiger partial charge in [0.2, 0.25) is 17.6 Å². The second-order valence-electron chi connectivity index (χ2n) is 5.58. The fraction of sp³-hybridized carbons (Fsp3) is 0.294. The Balaban J connectivity index is 1.57. The topological polar surface area (TPSA) is 106 Å². The van der Waals surface area contributed by atoms with Gasteiger partial charge >= 0.3 is 0 Å². The number of rotatable bonds is 7. The van der Waals surface area contributed by atoms with Gasteiger partial charge in [-0.05, 0) is 43.2 Å². The zero-order valence-corrected chi connectivity index (χ0v) is 14.0. The minimum absolute atomic E-state index is 0.0853. The number of ether oxygens (including phenoxy) is 1. The highest BCUT2D eigenvalue weighted by atomic mass is 16.5. The molecule has 8 heteroatoms. The standard InChI is InChI=1S/C17H19N5O3/c1-11(20-15(23)8-3-12-9-18-19-10-12)17-21-16(22-25-17)13-4-6-14(24-2)7-5-13/h4-7,9-11H,3,8H2,1-2H3,(H,18,19)(H,20,23). The number of hydrogen-bond acceptors (Lipinski definition) is 6. The molecule has 0 bridgehead atoms. The fourth-order valence-electron chi connectivity index (χ4n) is 2.32. The second-order valence-corrected chi connectivity index (χ2v) is 5.58. The van der Waals surface area contributed by atoms with Crippen LogP contribution in [0.2, 0.25) is 0 Å². The van der Waals surface area contributed by atoms with Gasteiger partial charge in [0.05, 0.1) is 13.3 Å². The molecule has 1 atom stereocenters. The molecule has 8 nitrogen and oxygen atoms in total. The predicted molar refractivity (Wildman–Crippen MR) is 89.8 cm³/mol. The Morgan fingerprint density at radius 1 is 1.36 bits per heavy atom. The van der Waals surface area contributed by atoms with E-state index in [0.29, 0.717) is 24.6 Å². The van der Waals surface area contributed by atoms with Crippen molar-refractivity contribution in [1.82, 2.24) is 25.7 Å². The third-order valence-corrected chi connectivity index (χ3v) is 3.73. The first-order valence-corrected chi connectivity index (χ1v) is 7.91. The van der Waals surface area contributed by atoms with E-state index in [2.05, 4.69) is 25.7 Å². The summed E-state index contributed by atoms with van der Waals surface area (Å²) in [5, 5.41) is 13.4. The lowest BCUT2D eigenvalue weighted by Crippen LogP contribution is -2.27. The van der Waals surface area contributed by atoms with Crippen LogP contribution in [-0.4, -0.2) is 33.4 Å². The Kier molecular flexibility index (Phi) is 5.08. The van der Waals surface area contributed by atoms with Crippen molar-refractivity contribution in [3.63, 3.8) is 0 Å². The zero-order chi connectivity index (χ0) is 17.6. The summed E-state index contributed by atoms with van der Waals surface area (Å²) >= 11 is 0. The highest BCUT2D eigenvalue weighted by molar-refractivity contribution is 5.76. The Bertz CT molecular complexity index is 811. The van der Waals surface area contributed by atoms with E-state index in [0.717, 1.165) is 16.9 Å². The maximum Gasteiger partial charge on any atom is 0.249 e. The summed E-state index contributed by atoms with van der Waals surface area (Å²) < 4.78 is 10.4. The number of aryl methyl sites for hydroxylation is 1. The molecule has 0 aliphatic carbocycles. The van der Waals surface area contributed by atoms with E-state index < -0.39 is 0 Å². The van der Waals surface area contributed by atoms with Crippen LogP contribution in [0, 0.1) is 0 Å². The lowest BCUT2D eigenvalue weighted by molar-refractivity contribution is -0.121. The number of carbonyl (C=O) groups is 1. The van der Waals surface area contributed by atoms with E-state index in [1.165, 1.54) is 0 Å². The summed E-state index contributed by atoms with van der Waals surface area (Å²) in [4.78, 5) is 16.4. The number of H-pyrrole nitrogens is 1. The lowest BCUT2D eigenvalue weighted by atomic mass is 10.2. The highest BCUT2D eigenvalue weighted by Crippen LogP contribution is 2.21. The number of aromatic amines is 1. The Hall–Kier alpha value is -3.16. The molecule has 3 rings (SSSR count). The average Bonchev–Trinajstić information content (AvgIpc) is 3.32. The number of aromatic nitrogens is 4. The second kappa shape index (κ2) is 7.61. The van der Waals surface area contributed by atoms with Gasteiger partial charge in [-0.25, -0.2) is 0 Å². The van der Waals surface area contributed by atoms with Crippen LogP contribution in [0.25, 0.3) is 11.4 Å². The third kappa shape index (κ3) is 4.23. The van der Waals surface area contributed by atoms with Crippen molar-refractivity contribution in [3.8, 4) is 17.1 Å². The minimum Gasteiger partial charge on any atom is -0.497 e. The van der Waals surface area contributed by atoms with Crippen LogP contribution < -0.4 is 10.1 Å². The molecule has 3 aromatic rings. The number of nitrogens with zero attached hydrogens (tertiary/aromatic N) is 3. The molecule has 1 aromatic carbocycles. The monoisotopic (exact) mass is 341 g/mol. The molecule has 0 saturated heterocycles. The molecule has 2 N–H and O–H groups in total. The van der Waals surface area contributed by atoms with Gasteiger partial charge in [-0.15, -0.1) is 0 Å². The number of hydrogen-bond donors (Lipinski definition) is 2. The smallest absolute Gasteiger partial charge is 0.249 e. The molecule has 2 heterocycles. The van der Waals surface area contributed by atoms with Gasteiger partial charge in [0.15, 0.2) is 0 Å². The van der Waals surface area contributed by atoms with Gasteiger partial charge in [0, 0.05) is 18.2 Å². The SMILES string of the molecule is COc1ccc(-c2noc(C(C)NC(=O)CCc3cn[nH]c3)n2)cc1. The van der Waals surface area contributed by atoms with Gasteiger partial charge in [0.25, 0.3) is 0 Å². The van der Waals surface area contributed by atoms with Crippen LogP contribution in [0.4, 0.5) is 0 Å². The van der Waals surface area contributed by atoms with Gasteiger partial charge < -0.3 is 14.6 Å². The lowest BCUT2D eigenvalue weighted by Gasteiger charge is -2.09. The summed E-state index contributed by atoms with van der Waals surface area (Å²) in [6, 6.07) is 6.98. The summed E-state index contributed by atoms with van der Waals surface area (Å²) in [7, 11) is 1.61. The quantitative estimate of drug-likeness (QED) is 0.683. The van der Waals surface area contributed by atoms with Crippen LogP contribution in [0.1, 0.15) is 30.8 Å². The van der Waals surface area contributed by atoms with E-state index in [-0.39, 0.29) is 11.9 Å². The van der Waals surface area contributed by atoms with Gasteiger partial charge in [0.1, 0.15) is 11.8 Å². The molecular weight excluding hydrogens is 322 g/mol. The maximum atomic E-state index is 12.0. The van der Waals surface area contributed by atoms with Gasteiger partial charge in [-0.3, -0.25) is 9.89 Å². The summed E-state index contributed by atoms with van der Waals surface area (Å²) in [5.41, 5.74) is 1.80. The predicted octanol–water partition coefficient (Wildman–Crippen LogP) is 2.28. The van der Waals surface area contributed by atoms with E-state index in [1.807, 2.05) is 24.3 Å². The fourth-order valence-corrected chi connectivity index (χ4v) is 2.32. The Labute approximate surface area is 144 Å². The van der Waals surface area contributed by atoms with E-state index in [9.17, 15) is 4.79 Å². The van der Waals surface area contributed by atoms with Crippen molar-refractivity contribution in [2.24, 2.45) is 0 Å². The van der Waals surface area contributed by atoms with Crippen LogP contribution >= 0.6 is 0 Å². The third-order valence-electron chi connectivity index (χ3n) is 3.73. The van der Waals surface area contributed by atoms with Gasteiger partial charge in [-0.2, -0.15) is 10.1 Å². The molecule has 0 radical (unpaired) electrons. The van der Waals surface area contributed by atoms with Crippen molar-refractivity contribution >= 4 is 5.91 Å². The van der Waals surface area contributed by atoms with E-state index in [1.54, 1.807) is 26.4 Å². The molecule has 1 unspecified atom stereocenters. The number of benzene rings is 1. The van der Waals surface area contributed by atoms with Crippen molar-refractivity contribution in [3.05, 3.63) is 48.1 Å². The summed E-state index contributed by atoms with van der Waals surface area (Å²) in [6.07, 6.45) is 4.46. The van der Waals surface area contributed by atoms with Crippen LogP contribution in [0.15, 0.2) is 41.2 Å². The van der Waals surface area contributed by atoms with Crippen molar-refractivity contribution in [2.75, 3.05) is 7.11 Å².